The van der Waals surface area contributed by atoms with E-state index < -0.39 is 6.09 Å². The van der Waals surface area contributed by atoms with Crippen molar-refractivity contribution in [1.29, 1.82) is 0 Å². The Morgan fingerprint density at radius 3 is 2.67 bits per heavy atom. The number of hydrogen-bond donors (Lipinski definition) is 2. The first-order valence-electron chi connectivity index (χ1n) is 5.78. The van der Waals surface area contributed by atoms with E-state index in [2.05, 4.69) is 15.4 Å². The van der Waals surface area contributed by atoms with Gasteiger partial charge in [0.15, 0.2) is 0 Å². The van der Waals surface area contributed by atoms with Crippen molar-refractivity contribution in [3.05, 3.63) is 29.3 Å². The number of carbonyl (C=O) groups excluding carboxylic acids is 2. The summed E-state index contributed by atoms with van der Waals surface area (Å²) in [6, 6.07) is 5.86. The molecule has 5 heteroatoms. The van der Waals surface area contributed by atoms with Gasteiger partial charge in [-0.2, -0.15) is 0 Å². The number of anilines is 1. The number of para-hydroxylation sites is 1. The third-order valence-electron chi connectivity index (χ3n) is 2.58. The maximum atomic E-state index is 11.7. The minimum atomic E-state index is -0.620. The predicted molar refractivity (Wildman–Crippen MR) is 69.6 cm³/mol. The van der Waals surface area contributed by atoms with E-state index in [0.29, 0.717) is 0 Å². The van der Waals surface area contributed by atoms with Gasteiger partial charge in [0, 0.05) is 5.69 Å². The van der Waals surface area contributed by atoms with Crippen LogP contribution in [0.25, 0.3) is 0 Å². The number of benzene rings is 1. The van der Waals surface area contributed by atoms with E-state index in [1.165, 1.54) is 7.11 Å². The Morgan fingerprint density at radius 2 is 2.06 bits per heavy atom. The number of nitrogens with one attached hydrogen (secondary N) is 2. The van der Waals surface area contributed by atoms with Crippen molar-refractivity contribution in [2.24, 2.45) is 0 Å². The van der Waals surface area contributed by atoms with Crippen molar-refractivity contribution in [1.82, 2.24) is 5.32 Å². The van der Waals surface area contributed by atoms with Crippen LogP contribution < -0.4 is 10.6 Å². The molecule has 98 valence electrons. The maximum absolute atomic E-state index is 11.7. The van der Waals surface area contributed by atoms with E-state index in [9.17, 15) is 9.59 Å². The van der Waals surface area contributed by atoms with Crippen molar-refractivity contribution in [3.63, 3.8) is 0 Å². The van der Waals surface area contributed by atoms with Crippen LogP contribution >= 0.6 is 0 Å². The van der Waals surface area contributed by atoms with Crippen LogP contribution in [0, 0.1) is 6.92 Å². The van der Waals surface area contributed by atoms with Gasteiger partial charge in [-0.1, -0.05) is 25.1 Å². The van der Waals surface area contributed by atoms with Gasteiger partial charge in [-0.3, -0.25) is 4.79 Å². The van der Waals surface area contributed by atoms with Crippen molar-refractivity contribution in [3.8, 4) is 0 Å². The van der Waals surface area contributed by atoms with Gasteiger partial charge in [-0.25, -0.2) is 4.79 Å². The number of amides is 2. The summed E-state index contributed by atoms with van der Waals surface area (Å²) in [5.41, 5.74) is 2.89. The number of hydrogen-bond acceptors (Lipinski definition) is 3. The second kappa shape index (κ2) is 6.64. The molecule has 0 radical (unpaired) electrons. The first-order valence-corrected chi connectivity index (χ1v) is 5.78. The molecule has 0 saturated carbocycles. The molecule has 0 aliphatic heterocycles. The summed E-state index contributed by atoms with van der Waals surface area (Å²) in [7, 11) is 1.25. The largest absolute Gasteiger partial charge is 0.453 e. The van der Waals surface area contributed by atoms with E-state index in [1.54, 1.807) is 0 Å². The molecule has 5 nitrogen and oxygen atoms in total. The van der Waals surface area contributed by atoms with Gasteiger partial charge in [0.1, 0.15) is 6.54 Å². The van der Waals surface area contributed by atoms with E-state index in [0.717, 1.165) is 23.2 Å². The molecule has 2 amide bonds. The lowest BCUT2D eigenvalue weighted by atomic mass is 10.1. The van der Waals surface area contributed by atoms with Crippen molar-refractivity contribution in [2.75, 3.05) is 19.0 Å². The highest BCUT2D eigenvalue weighted by Gasteiger charge is 2.09. The molecule has 18 heavy (non-hydrogen) atoms. The van der Waals surface area contributed by atoms with Gasteiger partial charge in [0.2, 0.25) is 5.91 Å². The molecule has 1 rings (SSSR count). The molecule has 0 aliphatic rings. The highest BCUT2D eigenvalue weighted by molar-refractivity contribution is 5.95. The number of ether oxygens (including phenoxy) is 1. The Kier molecular flexibility index (Phi) is 5.17. The van der Waals surface area contributed by atoms with Gasteiger partial charge in [0.25, 0.3) is 0 Å². The van der Waals surface area contributed by atoms with Crippen LogP contribution in [0.5, 0.6) is 0 Å². The lowest BCUT2D eigenvalue weighted by molar-refractivity contribution is -0.115. The van der Waals surface area contributed by atoms with Gasteiger partial charge in [-0.05, 0) is 24.5 Å². The normalized spacial score (nSPS) is 9.72. The molecule has 2 N–H and O–H groups in total. The second-order valence-electron chi connectivity index (χ2n) is 3.86. The molecule has 0 fully saturated rings. The Morgan fingerprint density at radius 1 is 1.33 bits per heavy atom. The Hall–Kier alpha value is -2.04. The molecule has 0 aromatic heterocycles. The molecule has 0 unspecified atom stereocenters. The van der Waals surface area contributed by atoms with Crippen LogP contribution in [0.15, 0.2) is 18.2 Å². The van der Waals surface area contributed by atoms with Crippen molar-refractivity contribution >= 4 is 17.7 Å². The lowest BCUT2D eigenvalue weighted by Gasteiger charge is -2.13. The van der Waals surface area contributed by atoms with E-state index in [4.69, 9.17) is 0 Å². The van der Waals surface area contributed by atoms with Crippen LogP contribution in [0.3, 0.4) is 0 Å². The van der Waals surface area contributed by atoms with Gasteiger partial charge in [0.05, 0.1) is 7.11 Å². The van der Waals surface area contributed by atoms with Crippen LogP contribution in [-0.4, -0.2) is 25.7 Å². The highest BCUT2D eigenvalue weighted by Crippen LogP contribution is 2.20. The second-order valence-corrected chi connectivity index (χ2v) is 3.86. The molecule has 0 spiro atoms. The number of carbonyl (C=O) groups is 2. The van der Waals surface area contributed by atoms with Crippen LogP contribution in [0.1, 0.15) is 18.1 Å². The first-order chi connectivity index (χ1) is 8.58. The molecule has 0 saturated heterocycles. The molecule has 0 atom stereocenters. The molecule has 0 heterocycles. The molecular formula is C13H18N2O3. The topological polar surface area (TPSA) is 67.4 Å². The average molecular weight is 250 g/mol. The van der Waals surface area contributed by atoms with Gasteiger partial charge in [-0.15, -0.1) is 0 Å². The van der Waals surface area contributed by atoms with Crippen LogP contribution in [-0.2, 0) is 16.0 Å². The third-order valence-corrected chi connectivity index (χ3v) is 2.58. The molecule has 0 bridgehead atoms. The fourth-order valence-electron chi connectivity index (χ4n) is 1.61. The van der Waals surface area contributed by atoms with Crippen LogP contribution in [0.4, 0.5) is 10.5 Å². The number of rotatable bonds is 4. The molecule has 1 aromatic carbocycles. The molecule has 1 aromatic rings. The summed E-state index contributed by atoms with van der Waals surface area (Å²) in [6.45, 7) is 3.85. The van der Waals surface area contributed by atoms with E-state index in [-0.39, 0.29) is 12.5 Å². The summed E-state index contributed by atoms with van der Waals surface area (Å²) in [6.07, 6.45) is 0.215. The Balaban J connectivity index is 2.67. The van der Waals surface area contributed by atoms with Crippen molar-refractivity contribution < 1.29 is 14.3 Å². The number of alkyl carbamates (subject to hydrolysis) is 1. The summed E-state index contributed by atoms with van der Waals surface area (Å²) in [4.78, 5) is 22.5. The van der Waals surface area contributed by atoms with E-state index >= 15 is 0 Å². The molecule has 0 aliphatic carbocycles. The molecular weight excluding hydrogens is 232 g/mol. The minimum Gasteiger partial charge on any atom is -0.453 e. The van der Waals surface area contributed by atoms with Gasteiger partial charge < -0.3 is 15.4 Å². The number of methoxy groups -OCH3 is 1. The quantitative estimate of drug-likeness (QED) is 0.857. The van der Waals surface area contributed by atoms with Crippen LogP contribution in [0.2, 0.25) is 0 Å². The summed E-state index contributed by atoms with van der Waals surface area (Å²) in [5.74, 6) is -0.274. The summed E-state index contributed by atoms with van der Waals surface area (Å²) in [5, 5.41) is 5.14. The zero-order chi connectivity index (χ0) is 13.5. The Labute approximate surface area is 107 Å². The van der Waals surface area contributed by atoms with Gasteiger partial charge >= 0.3 is 6.09 Å². The standard InChI is InChI=1S/C13H18N2O3/c1-4-10-7-5-6-9(2)12(10)15-11(16)8-14-13(17)18-3/h5-7H,4,8H2,1-3H3,(H,14,17)(H,15,16). The fraction of sp³-hybridized carbons (Fsp3) is 0.385. The van der Waals surface area contributed by atoms with E-state index in [1.807, 2.05) is 32.0 Å². The zero-order valence-electron chi connectivity index (χ0n) is 10.9. The first kappa shape index (κ1) is 14.0. The third kappa shape index (κ3) is 3.76. The smallest absolute Gasteiger partial charge is 0.407 e. The Bertz CT molecular complexity index is 444. The maximum Gasteiger partial charge on any atom is 0.407 e. The average Bonchev–Trinajstić information content (AvgIpc) is 2.38. The predicted octanol–water partition coefficient (Wildman–Crippen LogP) is 1.85. The summed E-state index contributed by atoms with van der Waals surface area (Å²) < 4.78 is 4.39. The fourth-order valence-corrected chi connectivity index (χ4v) is 1.61. The SMILES string of the molecule is CCc1cccc(C)c1NC(=O)CNC(=O)OC. The minimum absolute atomic E-state index is 0.107. The lowest BCUT2D eigenvalue weighted by Crippen LogP contribution is -2.33. The highest BCUT2D eigenvalue weighted by atomic mass is 16.5. The summed E-state index contributed by atoms with van der Waals surface area (Å²) >= 11 is 0. The van der Waals surface area contributed by atoms with Crippen molar-refractivity contribution in [2.45, 2.75) is 20.3 Å². The number of aryl methyl sites for hydroxylation is 2. The monoisotopic (exact) mass is 250 g/mol. The zero-order valence-corrected chi connectivity index (χ0v) is 10.9.